The normalized spacial score (nSPS) is 9.88. The van der Waals surface area contributed by atoms with Gasteiger partial charge < -0.3 is 4.52 Å². The van der Waals surface area contributed by atoms with Gasteiger partial charge in [0.2, 0.25) is 0 Å². The molecule has 0 fully saturated rings. The first-order valence-electron chi connectivity index (χ1n) is 7.45. The van der Waals surface area contributed by atoms with Gasteiger partial charge in [0.25, 0.3) is 11.8 Å². The minimum atomic E-state index is -0.373. The van der Waals surface area contributed by atoms with E-state index in [4.69, 9.17) is 4.52 Å². The predicted molar refractivity (Wildman–Crippen MR) is 90.8 cm³/mol. The van der Waals surface area contributed by atoms with Crippen molar-refractivity contribution in [2.75, 3.05) is 4.90 Å². The Morgan fingerprint density at radius 2 is 1.75 bits per heavy atom. The standard InChI is InChI=1S/C19H15N3O2/c1-2-9-17(23)22(14-15-10-5-3-6-11-15)19-20-18(24-21-19)16-12-7-4-8-13-16/h3-8,10-13H,14H2,1H3. The molecule has 118 valence electrons. The molecule has 5 heteroatoms. The zero-order valence-corrected chi connectivity index (χ0v) is 13.1. The first-order chi connectivity index (χ1) is 11.8. The molecule has 0 N–H and O–H groups in total. The van der Waals surface area contributed by atoms with E-state index in [2.05, 4.69) is 22.0 Å². The molecule has 2 aromatic carbocycles. The number of carbonyl (C=O) groups excluding carboxylic acids is 1. The molecule has 0 saturated heterocycles. The zero-order valence-electron chi connectivity index (χ0n) is 13.1. The highest BCUT2D eigenvalue weighted by Gasteiger charge is 2.21. The van der Waals surface area contributed by atoms with E-state index in [9.17, 15) is 4.79 Å². The Kier molecular flexibility index (Phi) is 4.68. The number of rotatable bonds is 4. The summed E-state index contributed by atoms with van der Waals surface area (Å²) in [5, 5.41) is 3.94. The van der Waals surface area contributed by atoms with Gasteiger partial charge in [-0.3, -0.25) is 9.69 Å². The van der Waals surface area contributed by atoms with Crippen LogP contribution in [0.4, 0.5) is 5.95 Å². The molecule has 5 nitrogen and oxygen atoms in total. The first kappa shape index (κ1) is 15.5. The quantitative estimate of drug-likeness (QED) is 0.693. The van der Waals surface area contributed by atoms with Gasteiger partial charge in [0, 0.05) is 5.56 Å². The fourth-order valence-electron chi connectivity index (χ4n) is 2.20. The molecule has 0 bridgehead atoms. The molecule has 24 heavy (non-hydrogen) atoms. The molecule has 1 heterocycles. The SMILES string of the molecule is CC#CC(=O)N(Cc1ccccc1)c1noc(-c2ccccc2)n1. The number of nitrogens with zero attached hydrogens (tertiary/aromatic N) is 3. The van der Waals surface area contributed by atoms with Crippen LogP contribution in [0.3, 0.4) is 0 Å². The maximum atomic E-state index is 12.3. The molecule has 1 amide bonds. The third kappa shape index (κ3) is 3.50. The highest BCUT2D eigenvalue weighted by molar-refractivity contribution is 6.04. The molecule has 0 spiro atoms. The number of hydrogen-bond acceptors (Lipinski definition) is 4. The van der Waals surface area contributed by atoms with Gasteiger partial charge in [0.05, 0.1) is 6.54 Å². The summed E-state index contributed by atoms with van der Waals surface area (Å²) < 4.78 is 5.29. The van der Waals surface area contributed by atoms with Crippen LogP contribution in [0, 0.1) is 11.8 Å². The molecule has 0 aliphatic rings. The summed E-state index contributed by atoms with van der Waals surface area (Å²) in [5.41, 5.74) is 1.75. The lowest BCUT2D eigenvalue weighted by atomic mass is 10.2. The van der Waals surface area contributed by atoms with Gasteiger partial charge >= 0.3 is 5.91 Å². The summed E-state index contributed by atoms with van der Waals surface area (Å²) in [5.74, 6) is 5.33. The van der Waals surface area contributed by atoms with Gasteiger partial charge in [-0.15, -0.1) is 0 Å². The number of benzene rings is 2. The zero-order chi connectivity index (χ0) is 16.8. The Hall–Kier alpha value is -3.39. The van der Waals surface area contributed by atoms with Crippen LogP contribution in [0.2, 0.25) is 0 Å². The average molecular weight is 317 g/mol. The van der Waals surface area contributed by atoms with Gasteiger partial charge in [-0.05, 0) is 35.7 Å². The third-order valence-corrected chi connectivity index (χ3v) is 3.34. The van der Waals surface area contributed by atoms with Crippen molar-refractivity contribution in [1.29, 1.82) is 0 Å². The molecule has 0 aliphatic carbocycles. The summed E-state index contributed by atoms with van der Waals surface area (Å²) in [6.45, 7) is 1.94. The Morgan fingerprint density at radius 3 is 2.42 bits per heavy atom. The van der Waals surface area contributed by atoms with Crippen LogP contribution in [0.1, 0.15) is 12.5 Å². The predicted octanol–water partition coefficient (Wildman–Crippen LogP) is 3.29. The van der Waals surface area contributed by atoms with E-state index in [0.29, 0.717) is 12.4 Å². The Bertz CT molecular complexity index is 877. The van der Waals surface area contributed by atoms with E-state index >= 15 is 0 Å². The maximum Gasteiger partial charge on any atom is 0.305 e. The molecule has 3 aromatic rings. The second kappa shape index (κ2) is 7.25. The van der Waals surface area contributed by atoms with Gasteiger partial charge in [-0.1, -0.05) is 54.5 Å². The second-order valence-corrected chi connectivity index (χ2v) is 5.02. The Morgan fingerprint density at radius 1 is 1.08 bits per heavy atom. The van der Waals surface area contributed by atoms with E-state index in [1.165, 1.54) is 4.90 Å². The molecule has 0 saturated carbocycles. The molecular formula is C19H15N3O2. The largest absolute Gasteiger partial charge is 0.332 e. The summed E-state index contributed by atoms with van der Waals surface area (Å²) in [6.07, 6.45) is 0. The van der Waals surface area contributed by atoms with Crippen molar-refractivity contribution < 1.29 is 9.32 Å². The van der Waals surface area contributed by atoms with Crippen molar-refractivity contribution in [3.8, 4) is 23.3 Å². The minimum absolute atomic E-state index is 0.199. The number of hydrogen-bond donors (Lipinski definition) is 0. The lowest BCUT2D eigenvalue weighted by Gasteiger charge is -2.15. The van der Waals surface area contributed by atoms with Crippen molar-refractivity contribution in [3.05, 3.63) is 66.2 Å². The van der Waals surface area contributed by atoms with Crippen LogP contribution in [0.5, 0.6) is 0 Å². The van der Waals surface area contributed by atoms with Crippen molar-refractivity contribution in [2.45, 2.75) is 13.5 Å². The average Bonchev–Trinajstić information content (AvgIpc) is 3.11. The van der Waals surface area contributed by atoms with E-state index in [-0.39, 0.29) is 11.9 Å². The fourth-order valence-corrected chi connectivity index (χ4v) is 2.20. The van der Waals surface area contributed by atoms with Crippen LogP contribution in [0.15, 0.2) is 65.2 Å². The monoisotopic (exact) mass is 317 g/mol. The highest BCUT2D eigenvalue weighted by atomic mass is 16.5. The molecule has 0 unspecified atom stereocenters. The molecule has 0 atom stereocenters. The van der Waals surface area contributed by atoms with Gasteiger partial charge in [0.1, 0.15) is 0 Å². The van der Waals surface area contributed by atoms with E-state index in [1.54, 1.807) is 6.92 Å². The van der Waals surface area contributed by atoms with E-state index < -0.39 is 0 Å². The maximum absolute atomic E-state index is 12.3. The number of carbonyl (C=O) groups is 1. The lowest BCUT2D eigenvalue weighted by Crippen LogP contribution is -2.30. The topological polar surface area (TPSA) is 59.2 Å². The molecule has 3 rings (SSSR count). The molecular weight excluding hydrogens is 302 g/mol. The van der Waals surface area contributed by atoms with Crippen LogP contribution >= 0.6 is 0 Å². The highest BCUT2D eigenvalue weighted by Crippen LogP contribution is 2.21. The van der Waals surface area contributed by atoms with Crippen molar-refractivity contribution in [1.82, 2.24) is 10.1 Å². The number of anilines is 1. The third-order valence-electron chi connectivity index (χ3n) is 3.34. The summed E-state index contributed by atoms with van der Waals surface area (Å²) in [4.78, 5) is 18.1. The van der Waals surface area contributed by atoms with Crippen LogP contribution in [-0.4, -0.2) is 16.0 Å². The van der Waals surface area contributed by atoms with Crippen LogP contribution < -0.4 is 4.90 Å². The summed E-state index contributed by atoms with van der Waals surface area (Å²) in [6, 6.07) is 19.0. The smallest absolute Gasteiger partial charge is 0.305 e. The van der Waals surface area contributed by atoms with Gasteiger partial charge in [-0.2, -0.15) is 4.98 Å². The lowest BCUT2D eigenvalue weighted by molar-refractivity contribution is -0.113. The number of amides is 1. The first-order valence-corrected chi connectivity index (χ1v) is 7.45. The fraction of sp³-hybridized carbons (Fsp3) is 0.105. The van der Waals surface area contributed by atoms with Gasteiger partial charge in [0.15, 0.2) is 0 Å². The van der Waals surface area contributed by atoms with Crippen LogP contribution in [-0.2, 0) is 11.3 Å². The van der Waals surface area contributed by atoms with Crippen molar-refractivity contribution >= 4 is 11.9 Å². The van der Waals surface area contributed by atoms with E-state index in [1.807, 2.05) is 60.7 Å². The second-order valence-electron chi connectivity index (χ2n) is 5.02. The molecule has 0 aliphatic heterocycles. The van der Waals surface area contributed by atoms with E-state index in [0.717, 1.165) is 11.1 Å². The summed E-state index contributed by atoms with van der Waals surface area (Å²) >= 11 is 0. The van der Waals surface area contributed by atoms with Crippen molar-refractivity contribution in [2.24, 2.45) is 0 Å². The number of aromatic nitrogens is 2. The van der Waals surface area contributed by atoms with Crippen LogP contribution in [0.25, 0.3) is 11.5 Å². The Balaban J connectivity index is 1.92. The van der Waals surface area contributed by atoms with Gasteiger partial charge in [-0.25, -0.2) is 0 Å². The summed E-state index contributed by atoms with van der Waals surface area (Å²) in [7, 11) is 0. The minimum Gasteiger partial charge on any atom is -0.332 e. The molecule has 0 radical (unpaired) electrons. The molecule has 1 aromatic heterocycles. The Labute approximate surface area is 139 Å². The van der Waals surface area contributed by atoms with Crippen molar-refractivity contribution in [3.63, 3.8) is 0 Å².